The molecule has 0 bridgehead atoms. The van der Waals surface area contributed by atoms with Gasteiger partial charge in [-0.3, -0.25) is 29.6 Å². The summed E-state index contributed by atoms with van der Waals surface area (Å²) >= 11 is 0. The summed E-state index contributed by atoms with van der Waals surface area (Å²) in [6.45, 7) is 3.64. The first-order valence-corrected chi connectivity index (χ1v) is 7.05. The summed E-state index contributed by atoms with van der Waals surface area (Å²) in [5, 5.41) is 2.30. The predicted octanol–water partition coefficient (Wildman–Crippen LogP) is 0.553. The number of aliphatic imine (C=N–C) groups is 1. The van der Waals surface area contributed by atoms with Crippen molar-refractivity contribution in [3.05, 3.63) is 23.8 Å². The first-order chi connectivity index (χ1) is 9.99. The Balaban J connectivity index is 1.94. The van der Waals surface area contributed by atoms with E-state index in [1.165, 1.54) is 4.90 Å². The Kier molecular flexibility index (Phi) is 3.23. The highest BCUT2D eigenvalue weighted by Gasteiger charge is 2.44. The molecular formula is C15H17N3O3. The molecule has 0 spiro atoms. The van der Waals surface area contributed by atoms with Crippen molar-refractivity contribution in [2.75, 3.05) is 0 Å². The maximum absolute atomic E-state index is 12.8. The molecule has 3 atom stereocenters. The van der Waals surface area contributed by atoms with Crippen molar-refractivity contribution < 1.29 is 14.4 Å². The smallest absolute Gasteiger partial charge is 0.249 e. The lowest BCUT2D eigenvalue weighted by Crippen LogP contribution is -2.59. The fraction of sp³-hybridized carbons (Fsp3) is 0.467. The zero-order valence-corrected chi connectivity index (χ0v) is 12.0. The highest BCUT2D eigenvalue weighted by molar-refractivity contribution is 6.08. The van der Waals surface area contributed by atoms with Crippen LogP contribution in [-0.4, -0.2) is 40.5 Å². The molecule has 3 unspecified atom stereocenters. The molecule has 1 saturated heterocycles. The fourth-order valence-corrected chi connectivity index (χ4v) is 3.16. The third-order valence-corrected chi connectivity index (χ3v) is 4.21. The van der Waals surface area contributed by atoms with Gasteiger partial charge in [0.1, 0.15) is 11.9 Å². The molecule has 21 heavy (non-hydrogen) atoms. The number of imide groups is 1. The molecule has 0 saturated carbocycles. The topological polar surface area (TPSA) is 78.8 Å². The van der Waals surface area contributed by atoms with E-state index in [0.717, 1.165) is 5.57 Å². The number of carbonyl (C=O) groups excluding carboxylic acids is 3. The summed E-state index contributed by atoms with van der Waals surface area (Å²) in [7, 11) is 0. The van der Waals surface area contributed by atoms with Gasteiger partial charge in [-0.15, -0.1) is 0 Å². The average Bonchev–Trinajstić information content (AvgIpc) is 2.40. The maximum atomic E-state index is 12.8. The highest BCUT2D eigenvalue weighted by Crippen LogP contribution is 2.31. The van der Waals surface area contributed by atoms with Crippen LogP contribution in [0.25, 0.3) is 0 Å². The van der Waals surface area contributed by atoms with Crippen LogP contribution in [0, 0.1) is 5.92 Å². The van der Waals surface area contributed by atoms with Gasteiger partial charge < -0.3 is 0 Å². The first kappa shape index (κ1) is 13.7. The quantitative estimate of drug-likeness (QED) is 0.715. The predicted molar refractivity (Wildman–Crippen MR) is 76.3 cm³/mol. The van der Waals surface area contributed by atoms with E-state index in [4.69, 9.17) is 0 Å². The summed E-state index contributed by atoms with van der Waals surface area (Å²) < 4.78 is 0. The lowest BCUT2D eigenvalue weighted by molar-refractivity contribution is -0.144. The number of hydrogen-bond donors (Lipinski definition) is 1. The maximum Gasteiger partial charge on any atom is 0.249 e. The van der Waals surface area contributed by atoms with Gasteiger partial charge in [0.05, 0.1) is 12.0 Å². The third kappa shape index (κ3) is 2.20. The van der Waals surface area contributed by atoms with E-state index in [1.807, 2.05) is 25.2 Å². The second-order valence-electron chi connectivity index (χ2n) is 5.62. The van der Waals surface area contributed by atoms with Crippen LogP contribution in [-0.2, 0) is 14.4 Å². The molecule has 3 aliphatic rings. The van der Waals surface area contributed by atoms with Crippen LogP contribution in [0.5, 0.6) is 0 Å². The number of amidine groups is 1. The molecular weight excluding hydrogens is 270 g/mol. The standard InChI is InChI=1S/C15H17N3O3/c1-8-4-3-5-10-13(8)15(21)18(9(2)16-10)11-6-7-12(19)17-14(11)20/h3-5,10-11,13H,6-7H2,1-2H3,(H,17,19,20). The van der Waals surface area contributed by atoms with E-state index < -0.39 is 11.9 Å². The van der Waals surface area contributed by atoms with Gasteiger partial charge in [-0.1, -0.05) is 23.8 Å². The zero-order valence-electron chi connectivity index (χ0n) is 12.0. The van der Waals surface area contributed by atoms with Crippen LogP contribution in [0.15, 0.2) is 28.8 Å². The molecule has 0 aromatic rings. The number of allylic oxidation sites excluding steroid dienone is 2. The van der Waals surface area contributed by atoms with Crippen molar-refractivity contribution in [1.29, 1.82) is 0 Å². The van der Waals surface area contributed by atoms with Gasteiger partial charge in [-0.05, 0) is 20.3 Å². The van der Waals surface area contributed by atoms with Gasteiger partial charge in [-0.2, -0.15) is 0 Å². The van der Waals surface area contributed by atoms with E-state index in [9.17, 15) is 14.4 Å². The minimum atomic E-state index is -0.640. The lowest BCUT2D eigenvalue weighted by Gasteiger charge is -2.40. The molecule has 2 heterocycles. The van der Waals surface area contributed by atoms with Crippen molar-refractivity contribution in [2.24, 2.45) is 10.9 Å². The zero-order chi connectivity index (χ0) is 15.1. The minimum Gasteiger partial charge on any atom is -0.295 e. The third-order valence-electron chi connectivity index (χ3n) is 4.21. The Bertz CT molecular complexity index is 618. The summed E-state index contributed by atoms with van der Waals surface area (Å²) in [6.07, 6.45) is 6.30. The number of hydrogen-bond acceptors (Lipinski definition) is 4. The van der Waals surface area contributed by atoms with Gasteiger partial charge in [0.2, 0.25) is 17.7 Å². The second kappa shape index (κ2) is 4.95. The van der Waals surface area contributed by atoms with Crippen LogP contribution >= 0.6 is 0 Å². The summed E-state index contributed by atoms with van der Waals surface area (Å²) in [5.41, 5.74) is 0.945. The molecule has 1 aliphatic carbocycles. The number of nitrogens with zero attached hydrogens (tertiary/aromatic N) is 2. The lowest BCUT2D eigenvalue weighted by atomic mass is 9.85. The Morgan fingerprint density at radius 3 is 2.76 bits per heavy atom. The van der Waals surface area contributed by atoms with Crippen molar-refractivity contribution in [3.8, 4) is 0 Å². The minimum absolute atomic E-state index is 0.111. The monoisotopic (exact) mass is 287 g/mol. The van der Waals surface area contributed by atoms with Crippen molar-refractivity contribution in [3.63, 3.8) is 0 Å². The highest BCUT2D eigenvalue weighted by atomic mass is 16.2. The number of piperidine rings is 1. The van der Waals surface area contributed by atoms with E-state index >= 15 is 0 Å². The number of amides is 3. The van der Waals surface area contributed by atoms with Crippen LogP contribution in [0.1, 0.15) is 26.7 Å². The SMILES string of the molecule is CC1=CC=CC2N=C(C)N(C3CCC(=O)NC3=O)C(=O)C12. The molecule has 110 valence electrons. The van der Waals surface area contributed by atoms with E-state index in [-0.39, 0.29) is 30.2 Å². The van der Waals surface area contributed by atoms with Gasteiger partial charge in [0.25, 0.3) is 0 Å². The van der Waals surface area contributed by atoms with Gasteiger partial charge in [-0.25, -0.2) is 0 Å². The molecule has 0 aromatic carbocycles. The molecule has 3 rings (SSSR count). The number of carbonyl (C=O) groups is 3. The van der Waals surface area contributed by atoms with Crippen LogP contribution in [0.2, 0.25) is 0 Å². The molecule has 6 heteroatoms. The van der Waals surface area contributed by atoms with Crippen molar-refractivity contribution in [1.82, 2.24) is 10.2 Å². The molecule has 1 fully saturated rings. The van der Waals surface area contributed by atoms with Crippen LogP contribution in [0.3, 0.4) is 0 Å². The summed E-state index contributed by atoms with van der Waals surface area (Å²) in [6, 6.07) is -0.828. The fourth-order valence-electron chi connectivity index (χ4n) is 3.16. The number of fused-ring (bicyclic) bond motifs is 1. The number of nitrogens with one attached hydrogen (secondary N) is 1. The van der Waals surface area contributed by atoms with E-state index in [1.54, 1.807) is 6.92 Å². The normalized spacial score (nSPS) is 32.4. The molecule has 0 radical (unpaired) electrons. The molecule has 2 aliphatic heterocycles. The van der Waals surface area contributed by atoms with Gasteiger partial charge in [0.15, 0.2) is 0 Å². The Labute approximate surface area is 122 Å². The number of rotatable bonds is 1. The molecule has 3 amide bonds. The first-order valence-electron chi connectivity index (χ1n) is 7.05. The Morgan fingerprint density at radius 1 is 1.29 bits per heavy atom. The van der Waals surface area contributed by atoms with Gasteiger partial charge >= 0.3 is 0 Å². The summed E-state index contributed by atoms with van der Waals surface area (Å²) in [4.78, 5) is 42.1. The van der Waals surface area contributed by atoms with E-state index in [0.29, 0.717) is 12.3 Å². The van der Waals surface area contributed by atoms with Crippen molar-refractivity contribution >= 4 is 23.6 Å². The largest absolute Gasteiger partial charge is 0.295 e. The Morgan fingerprint density at radius 2 is 2.05 bits per heavy atom. The van der Waals surface area contributed by atoms with Gasteiger partial charge in [0, 0.05) is 6.42 Å². The Hall–Kier alpha value is -2.24. The van der Waals surface area contributed by atoms with Crippen molar-refractivity contribution in [2.45, 2.75) is 38.8 Å². The average molecular weight is 287 g/mol. The summed E-state index contributed by atoms with van der Waals surface area (Å²) in [5.74, 6) is -0.621. The molecule has 6 nitrogen and oxygen atoms in total. The van der Waals surface area contributed by atoms with Crippen LogP contribution in [0.4, 0.5) is 0 Å². The second-order valence-corrected chi connectivity index (χ2v) is 5.62. The molecule has 0 aromatic heterocycles. The van der Waals surface area contributed by atoms with E-state index in [2.05, 4.69) is 10.3 Å². The molecule has 1 N–H and O–H groups in total. The van der Waals surface area contributed by atoms with Crippen LogP contribution < -0.4 is 5.32 Å².